The van der Waals surface area contributed by atoms with Crippen molar-refractivity contribution in [1.29, 1.82) is 0 Å². The molecule has 2 saturated heterocycles. The number of epoxide rings is 1. The lowest BCUT2D eigenvalue weighted by molar-refractivity contribution is 0.0100. The second-order valence-corrected chi connectivity index (χ2v) is 6.92. The van der Waals surface area contributed by atoms with Crippen molar-refractivity contribution in [2.24, 2.45) is 10.5 Å². The Morgan fingerprint density at radius 1 is 1.45 bits per heavy atom. The first kappa shape index (κ1) is 16.8. The fourth-order valence-corrected chi connectivity index (χ4v) is 3.10. The zero-order chi connectivity index (χ0) is 16.4. The lowest BCUT2D eigenvalue weighted by Gasteiger charge is -2.42. The number of carbonyl (C=O) groups excluding carboxylic acids is 1. The van der Waals surface area contributed by atoms with Crippen LogP contribution in [0.1, 0.15) is 40.5 Å². The van der Waals surface area contributed by atoms with E-state index in [2.05, 4.69) is 17.2 Å². The van der Waals surface area contributed by atoms with Crippen molar-refractivity contribution in [1.82, 2.24) is 10.3 Å². The van der Waals surface area contributed by atoms with E-state index in [1.165, 1.54) is 0 Å². The molecule has 2 heterocycles. The average molecular weight is 309 g/mol. The number of hydrazone groups is 1. The van der Waals surface area contributed by atoms with Crippen molar-refractivity contribution >= 4 is 12.8 Å². The number of hydrogen-bond donors (Lipinski definition) is 1. The largest absolute Gasteiger partial charge is 0.444 e. The zero-order valence-electron chi connectivity index (χ0n) is 14.0. The number of allylic oxidation sites excluding steroid dienone is 1. The molecule has 6 heteroatoms. The van der Waals surface area contributed by atoms with Gasteiger partial charge in [-0.15, -0.1) is 0 Å². The van der Waals surface area contributed by atoms with E-state index in [0.29, 0.717) is 13.1 Å². The van der Waals surface area contributed by atoms with Gasteiger partial charge in [-0.3, -0.25) is 5.43 Å². The fraction of sp³-hybridized carbons (Fsp3) is 0.750. The normalized spacial score (nSPS) is 24.6. The number of ether oxygens (including phenoxy) is 2. The predicted molar refractivity (Wildman–Crippen MR) is 85.7 cm³/mol. The summed E-state index contributed by atoms with van der Waals surface area (Å²) in [6, 6.07) is 0. The molecule has 0 aromatic carbocycles. The van der Waals surface area contributed by atoms with E-state index in [1.807, 2.05) is 33.8 Å². The molecule has 1 unspecified atom stereocenters. The molecule has 2 fully saturated rings. The van der Waals surface area contributed by atoms with Gasteiger partial charge in [0.15, 0.2) is 0 Å². The Balaban J connectivity index is 2.04. The lowest BCUT2D eigenvalue weighted by atomic mass is 9.73. The Morgan fingerprint density at radius 3 is 2.45 bits per heavy atom. The summed E-state index contributed by atoms with van der Waals surface area (Å²) in [5.74, 6) is 0. The second-order valence-electron chi connectivity index (χ2n) is 6.92. The second kappa shape index (κ2) is 6.28. The van der Waals surface area contributed by atoms with Crippen molar-refractivity contribution in [3.8, 4) is 0 Å². The molecule has 0 saturated carbocycles. The third-order valence-corrected chi connectivity index (χ3v) is 4.28. The standard InChI is InChI=1S/C16H27N3O3/c1-6-12(18-17-5)16(13-11-21-13)7-9-19(10-8-16)14(20)22-15(2,3)4/h6,13,18H,5,7-11H2,1-4H3/b12-6-. The van der Waals surface area contributed by atoms with Gasteiger partial charge in [0, 0.05) is 30.9 Å². The summed E-state index contributed by atoms with van der Waals surface area (Å²) in [6.07, 6.45) is 3.65. The fourth-order valence-electron chi connectivity index (χ4n) is 3.10. The SMILES string of the molecule is C=NN/C(=C\C)C1(C2CO2)CCN(C(=O)OC(C)(C)C)CC1. The number of amides is 1. The molecule has 0 aromatic heterocycles. The minimum Gasteiger partial charge on any atom is -0.444 e. The van der Waals surface area contributed by atoms with Crippen LogP contribution in [0.3, 0.4) is 0 Å². The number of hydrogen-bond acceptors (Lipinski definition) is 5. The van der Waals surface area contributed by atoms with Crippen LogP contribution in [0.2, 0.25) is 0 Å². The molecule has 0 bridgehead atoms. The van der Waals surface area contributed by atoms with Gasteiger partial charge in [-0.25, -0.2) is 4.79 Å². The zero-order valence-corrected chi connectivity index (χ0v) is 14.0. The Morgan fingerprint density at radius 2 is 2.05 bits per heavy atom. The van der Waals surface area contributed by atoms with Gasteiger partial charge in [0.2, 0.25) is 0 Å². The van der Waals surface area contributed by atoms with Crippen LogP contribution in [0.5, 0.6) is 0 Å². The van der Waals surface area contributed by atoms with Crippen LogP contribution in [0.15, 0.2) is 16.9 Å². The van der Waals surface area contributed by atoms with E-state index < -0.39 is 5.60 Å². The molecule has 22 heavy (non-hydrogen) atoms. The van der Waals surface area contributed by atoms with Crippen molar-refractivity contribution in [3.63, 3.8) is 0 Å². The van der Waals surface area contributed by atoms with Gasteiger partial charge in [0.25, 0.3) is 0 Å². The van der Waals surface area contributed by atoms with E-state index in [-0.39, 0.29) is 17.6 Å². The maximum Gasteiger partial charge on any atom is 0.410 e. The van der Waals surface area contributed by atoms with E-state index >= 15 is 0 Å². The first-order chi connectivity index (χ1) is 10.3. The molecule has 0 aliphatic carbocycles. The summed E-state index contributed by atoms with van der Waals surface area (Å²) < 4.78 is 11.0. The highest BCUT2D eigenvalue weighted by Crippen LogP contribution is 2.47. The molecule has 0 aromatic rings. The monoisotopic (exact) mass is 309 g/mol. The molecule has 1 amide bonds. The van der Waals surface area contributed by atoms with E-state index in [1.54, 1.807) is 4.90 Å². The van der Waals surface area contributed by atoms with Crippen LogP contribution in [-0.2, 0) is 9.47 Å². The summed E-state index contributed by atoms with van der Waals surface area (Å²) >= 11 is 0. The van der Waals surface area contributed by atoms with Gasteiger partial charge in [0.05, 0.1) is 12.7 Å². The van der Waals surface area contributed by atoms with Crippen molar-refractivity contribution < 1.29 is 14.3 Å². The summed E-state index contributed by atoms with van der Waals surface area (Å²) in [5, 5.41) is 3.81. The molecular formula is C16H27N3O3. The van der Waals surface area contributed by atoms with Crippen LogP contribution in [-0.4, -0.2) is 49.1 Å². The summed E-state index contributed by atoms with van der Waals surface area (Å²) in [7, 11) is 0. The maximum absolute atomic E-state index is 12.2. The molecule has 0 radical (unpaired) electrons. The quantitative estimate of drug-likeness (QED) is 0.492. The maximum atomic E-state index is 12.2. The van der Waals surface area contributed by atoms with Crippen LogP contribution in [0.4, 0.5) is 4.79 Å². The number of piperidine rings is 1. The predicted octanol–water partition coefficient (Wildman–Crippen LogP) is 2.51. The molecule has 2 aliphatic rings. The van der Waals surface area contributed by atoms with Crippen LogP contribution in [0.25, 0.3) is 0 Å². The van der Waals surface area contributed by atoms with Crippen molar-refractivity contribution in [3.05, 3.63) is 11.8 Å². The highest BCUT2D eigenvalue weighted by Gasteiger charge is 2.51. The smallest absolute Gasteiger partial charge is 0.410 e. The van der Waals surface area contributed by atoms with E-state index in [9.17, 15) is 4.79 Å². The third kappa shape index (κ3) is 3.61. The molecule has 0 spiro atoms. The minimum absolute atomic E-state index is 0.103. The Bertz CT molecular complexity index is 456. The molecule has 6 nitrogen and oxygen atoms in total. The van der Waals surface area contributed by atoms with Crippen LogP contribution in [0, 0.1) is 5.41 Å². The van der Waals surface area contributed by atoms with Crippen LogP contribution >= 0.6 is 0 Å². The summed E-state index contributed by atoms with van der Waals surface area (Å²) in [5.41, 5.74) is 3.48. The minimum atomic E-state index is -0.464. The van der Waals surface area contributed by atoms with Gasteiger partial charge in [-0.1, -0.05) is 6.08 Å². The molecule has 1 atom stereocenters. The number of nitrogens with one attached hydrogen (secondary N) is 1. The van der Waals surface area contributed by atoms with Crippen molar-refractivity contribution in [2.75, 3.05) is 19.7 Å². The Kier molecular flexibility index (Phi) is 4.80. The molecule has 2 rings (SSSR count). The van der Waals surface area contributed by atoms with Gasteiger partial charge in [-0.2, -0.15) is 5.10 Å². The summed E-state index contributed by atoms with van der Waals surface area (Å²) in [6.45, 7) is 13.2. The molecular weight excluding hydrogens is 282 g/mol. The molecule has 1 N–H and O–H groups in total. The Hall–Kier alpha value is -1.56. The lowest BCUT2D eigenvalue weighted by Crippen LogP contribution is -2.49. The van der Waals surface area contributed by atoms with Crippen LogP contribution < -0.4 is 5.43 Å². The average Bonchev–Trinajstić information content (AvgIpc) is 3.28. The topological polar surface area (TPSA) is 66.5 Å². The van der Waals surface area contributed by atoms with Gasteiger partial charge in [0.1, 0.15) is 5.60 Å². The molecule has 124 valence electrons. The van der Waals surface area contributed by atoms with Gasteiger partial charge < -0.3 is 14.4 Å². The first-order valence-corrected chi connectivity index (χ1v) is 7.80. The number of carbonyl (C=O) groups is 1. The number of nitrogens with zero attached hydrogens (tertiary/aromatic N) is 2. The highest BCUT2D eigenvalue weighted by molar-refractivity contribution is 5.68. The van der Waals surface area contributed by atoms with Gasteiger partial charge in [-0.05, 0) is 40.5 Å². The molecule has 2 aliphatic heterocycles. The van der Waals surface area contributed by atoms with Crippen molar-refractivity contribution in [2.45, 2.75) is 52.2 Å². The Labute approximate surface area is 132 Å². The van der Waals surface area contributed by atoms with Gasteiger partial charge >= 0.3 is 6.09 Å². The first-order valence-electron chi connectivity index (χ1n) is 7.80. The number of rotatable bonds is 4. The van der Waals surface area contributed by atoms with E-state index in [0.717, 1.165) is 25.1 Å². The third-order valence-electron chi connectivity index (χ3n) is 4.28. The highest BCUT2D eigenvalue weighted by atomic mass is 16.6. The summed E-state index contributed by atoms with van der Waals surface area (Å²) in [4.78, 5) is 14.0. The number of likely N-dealkylation sites (tertiary alicyclic amines) is 1. The van der Waals surface area contributed by atoms with E-state index in [4.69, 9.17) is 9.47 Å².